The lowest BCUT2D eigenvalue weighted by Gasteiger charge is -2.30. The van der Waals surface area contributed by atoms with Crippen LogP contribution >= 0.6 is 0 Å². The number of esters is 1. The van der Waals surface area contributed by atoms with Crippen molar-refractivity contribution >= 4 is 23.1 Å². The molecule has 10 heteroatoms. The Morgan fingerprint density at radius 2 is 1.97 bits per heavy atom. The topological polar surface area (TPSA) is 114 Å². The van der Waals surface area contributed by atoms with Crippen molar-refractivity contribution in [3.05, 3.63) is 56.2 Å². The third kappa shape index (κ3) is 3.28. The third-order valence-electron chi connectivity index (χ3n) is 5.51. The van der Waals surface area contributed by atoms with Gasteiger partial charge in [0.05, 0.1) is 18.7 Å². The highest BCUT2D eigenvalue weighted by atomic mass is 16.5. The molecule has 0 bridgehead atoms. The van der Waals surface area contributed by atoms with E-state index in [2.05, 4.69) is 15.2 Å². The largest absolute Gasteiger partial charge is 0.465 e. The van der Waals surface area contributed by atoms with Crippen molar-refractivity contribution in [2.24, 2.45) is 7.05 Å². The number of aromatic amines is 1. The number of aryl methyl sites for hydroxylation is 1. The fourth-order valence-electron chi connectivity index (χ4n) is 3.84. The molecule has 0 amide bonds. The molecule has 3 aromatic rings. The lowest BCUT2D eigenvalue weighted by Crippen LogP contribution is -2.44. The third-order valence-corrected chi connectivity index (χ3v) is 5.51. The number of anilines is 1. The van der Waals surface area contributed by atoms with Crippen molar-refractivity contribution in [1.29, 1.82) is 0 Å². The van der Waals surface area contributed by atoms with Crippen LogP contribution < -0.4 is 21.5 Å². The van der Waals surface area contributed by atoms with Gasteiger partial charge in [-0.05, 0) is 24.6 Å². The smallest absolute Gasteiger partial charge is 0.337 e. The minimum absolute atomic E-state index is 0.317. The maximum Gasteiger partial charge on any atom is 0.337 e. The molecule has 3 heterocycles. The van der Waals surface area contributed by atoms with Crippen LogP contribution in [0.15, 0.2) is 33.9 Å². The minimum atomic E-state index is -0.510. The first-order valence-corrected chi connectivity index (χ1v) is 9.77. The fourth-order valence-corrected chi connectivity index (χ4v) is 3.84. The monoisotopic (exact) mass is 412 g/mol. The highest BCUT2D eigenvalue weighted by Crippen LogP contribution is 2.29. The van der Waals surface area contributed by atoms with Crippen LogP contribution in [-0.2, 0) is 11.8 Å². The second-order valence-electron chi connectivity index (χ2n) is 7.30. The van der Waals surface area contributed by atoms with E-state index in [9.17, 15) is 14.4 Å². The van der Waals surface area contributed by atoms with E-state index in [-0.39, 0.29) is 6.04 Å². The summed E-state index contributed by atoms with van der Waals surface area (Å²) in [7, 11) is 2.92. The van der Waals surface area contributed by atoms with Gasteiger partial charge < -0.3 is 15.0 Å². The van der Waals surface area contributed by atoms with Crippen LogP contribution in [0.4, 0.5) is 5.95 Å². The number of H-pyrrole nitrogens is 1. The van der Waals surface area contributed by atoms with Gasteiger partial charge in [-0.2, -0.15) is 4.98 Å². The molecule has 30 heavy (non-hydrogen) atoms. The molecular formula is C20H24N6O4. The molecule has 2 aromatic heterocycles. The van der Waals surface area contributed by atoms with E-state index in [1.807, 2.05) is 17.6 Å². The van der Waals surface area contributed by atoms with Crippen molar-refractivity contribution in [3.63, 3.8) is 0 Å². The number of piperazine rings is 1. The number of carbonyl (C=O) groups excluding carboxylic acids is 1. The quantitative estimate of drug-likeness (QED) is 0.590. The summed E-state index contributed by atoms with van der Waals surface area (Å²) in [5, 5.41) is 3.30. The molecule has 0 spiro atoms. The number of imidazole rings is 1. The number of carbonyl (C=O) groups is 1. The number of ether oxygens (including phenoxy) is 1. The minimum Gasteiger partial charge on any atom is -0.465 e. The second kappa shape index (κ2) is 7.79. The molecule has 1 saturated heterocycles. The maximum atomic E-state index is 12.8. The predicted molar refractivity (Wildman–Crippen MR) is 112 cm³/mol. The molecular weight excluding hydrogens is 388 g/mol. The Kier molecular flexibility index (Phi) is 5.17. The summed E-state index contributed by atoms with van der Waals surface area (Å²) in [5.74, 6) is 0.191. The van der Waals surface area contributed by atoms with E-state index in [1.54, 1.807) is 25.2 Å². The van der Waals surface area contributed by atoms with E-state index in [0.29, 0.717) is 22.7 Å². The number of hydrogen-bond acceptors (Lipinski definition) is 7. The molecule has 0 radical (unpaired) electrons. The van der Waals surface area contributed by atoms with Gasteiger partial charge in [0, 0.05) is 33.2 Å². The summed E-state index contributed by atoms with van der Waals surface area (Å²) in [6.45, 7) is 4.98. The number of fused-ring (bicyclic) bond motifs is 1. The predicted octanol–water partition coefficient (Wildman–Crippen LogP) is 0.229. The molecule has 1 aromatic carbocycles. The number of hydrogen-bond donors (Lipinski definition) is 2. The van der Waals surface area contributed by atoms with Crippen LogP contribution in [0.25, 0.3) is 11.2 Å². The maximum absolute atomic E-state index is 12.8. The summed E-state index contributed by atoms with van der Waals surface area (Å²) >= 11 is 0. The van der Waals surface area contributed by atoms with Gasteiger partial charge in [-0.25, -0.2) is 9.59 Å². The van der Waals surface area contributed by atoms with Gasteiger partial charge in [-0.1, -0.05) is 12.1 Å². The summed E-state index contributed by atoms with van der Waals surface area (Å²) < 4.78 is 8.02. The molecule has 0 saturated carbocycles. The summed E-state index contributed by atoms with van der Waals surface area (Å²) in [5.41, 5.74) is 0.898. The first-order valence-electron chi connectivity index (χ1n) is 9.77. The molecule has 1 fully saturated rings. The summed E-state index contributed by atoms with van der Waals surface area (Å²) in [6.07, 6.45) is 0. The lowest BCUT2D eigenvalue weighted by molar-refractivity contribution is 0.0600. The van der Waals surface area contributed by atoms with Crippen LogP contribution in [-0.4, -0.2) is 58.4 Å². The highest BCUT2D eigenvalue weighted by molar-refractivity contribution is 5.89. The zero-order valence-corrected chi connectivity index (χ0v) is 17.1. The van der Waals surface area contributed by atoms with E-state index >= 15 is 0 Å². The van der Waals surface area contributed by atoms with Gasteiger partial charge >= 0.3 is 11.7 Å². The van der Waals surface area contributed by atoms with Crippen molar-refractivity contribution in [2.75, 3.05) is 38.2 Å². The standard InChI is InChI=1S/C20H24N6O4/c1-12(13-5-4-6-14(11-13)18(28)30-3)26-15-16(24(2)20(29)23-17(15)27)22-19(26)25-9-7-21-8-10-25/h4-6,11-12,21H,7-10H2,1-3H3,(H,23,27,29). The van der Waals surface area contributed by atoms with Crippen molar-refractivity contribution in [3.8, 4) is 0 Å². The number of nitrogens with zero attached hydrogens (tertiary/aromatic N) is 4. The van der Waals surface area contributed by atoms with E-state index in [0.717, 1.165) is 31.7 Å². The fraction of sp³-hybridized carbons (Fsp3) is 0.400. The lowest BCUT2D eigenvalue weighted by atomic mass is 10.0. The van der Waals surface area contributed by atoms with Gasteiger partial charge in [0.15, 0.2) is 11.2 Å². The molecule has 1 aliphatic rings. The number of rotatable bonds is 4. The zero-order valence-electron chi connectivity index (χ0n) is 17.1. The van der Waals surface area contributed by atoms with Crippen LogP contribution in [0.5, 0.6) is 0 Å². The molecule has 0 aliphatic carbocycles. The van der Waals surface area contributed by atoms with E-state index in [4.69, 9.17) is 9.72 Å². The van der Waals surface area contributed by atoms with Gasteiger partial charge in [0.2, 0.25) is 5.95 Å². The Labute approximate surface area is 172 Å². The molecule has 2 N–H and O–H groups in total. The highest BCUT2D eigenvalue weighted by Gasteiger charge is 2.26. The Morgan fingerprint density at radius 1 is 1.23 bits per heavy atom. The Bertz CT molecular complexity index is 1220. The number of methoxy groups -OCH3 is 1. The molecule has 1 atom stereocenters. The number of nitrogens with one attached hydrogen (secondary N) is 2. The van der Waals surface area contributed by atoms with Crippen molar-refractivity contribution in [2.45, 2.75) is 13.0 Å². The zero-order chi connectivity index (χ0) is 21.4. The molecule has 1 aliphatic heterocycles. The van der Waals surface area contributed by atoms with Gasteiger partial charge in [-0.3, -0.25) is 18.9 Å². The molecule has 4 rings (SSSR count). The van der Waals surface area contributed by atoms with Crippen LogP contribution in [0, 0.1) is 0 Å². The first kappa shape index (κ1) is 19.9. The van der Waals surface area contributed by atoms with Crippen molar-refractivity contribution in [1.82, 2.24) is 24.4 Å². The Balaban J connectivity index is 1.94. The Morgan fingerprint density at radius 3 is 2.67 bits per heavy atom. The van der Waals surface area contributed by atoms with Crippen LogP contribution in [0.3, 0.4) is 0 Å². The van der Waals surface area contributed by atoms with E-state index < -0.39 is 17.2 Å². The van der Waals surface area contributed by atoms with Crippen LogP contribution in [0.2, 0.25) is 0 Å². The van der Waals surface area contributed by atoms with Gasteiger partial charge in [0.25, 0.3) is 5.56 Å². The molecule has 1 unspecified atom stereocenters. The Hall–Kier alpha value is -3.40. The SMILES string of the molecule is COC(=O)c1cccc(C(C)n2c(N3CCNCC3)nc3c2c(=O)[nH]c(=O)n3C)c1. The summed E-state index contributed by atoms with van der Waals surface area (Å²) in [4.78, 5) is 46.1. The second-order valence-corrected chi connectivity index (χ2v) is 7.30. The van der Waals surface area contributed by atoms with Gasteiger partial charge in [-0.15, -0.1) is 0 Å². The van der Waals surface area contributed by atoms with Crippen molar-refractivity contribution < 1.29 is 9.53 Å². The average Bonchev–Trinajstić information content (AvgIpc) is 3.18. The first-order chi connectivity index (χ1) is 14.4. The van der Waals surface area contributed by atoms with Gasteiger partial charge in [0.1, 0.15) is 0 Å². The normalized spacial score (nSPS) is 15.4. The average molecular weight is 412 g/mol. The number of aromatic nitrogens is 4. The van der Waals surface area contributed by atoms with Crippen LogP contribution in [0.1, 0.15) is 28.9 Å². The van der Waals surface area contributed by atoms with E-state index in [1.165, 1.54) is 11.7 Å². The molecule has 158 valence electrons. The molecule has 10 nitrogen and oxygen atoms in total. The number of benzene rings is 1. The summed E-state index contributed by atoms with van der Waals surface area (Å²) in [6, 6.07) is 6.78.